The molecule has 27 heavy (non-hydrogen) atoms. The van der Waals surface area contributed by atoms with Crippen molar-refractivity contribution in [2.75, 3.05) is 38.8 Å². The van der Waals surface area contributed by atoms with Crippen molar-refractivity contribution in [2.45, 2.75) is 42.9 Å². The Kier molecular flexibility index (Phi) is 2.65. The number of ether oxygens (including phenoxy) is 3. The number of fused-ring (bicyclic) bond motifs is 2. The molecule has 3 saturated heterocycles. The standard InChI is InChI=1S/C22H26N2O3/c1-25-17-8-14-15(9-18(17)26-2)24-5-3-16-20-13-7-19-22(14,21(20)24)4-6-23(19)10-12(13)11-27-16/h8-9,11,13,16,19-21H,3-7,10H2,1-2H3/t13-,16+,19-,20-,21+,22-/m0/s1. The van der Waals surface area contributed by atoms with Gasteiger partial charge in [0.1, 0.15) is 6.10 Å². The molecule has 4 fully saturated rings. The van der Waals surface area contributed by atoms with Crippen molar-refractivity contribution in [1.29, 1.82) is 0 Å². The van der Waals surface area contributed by atoms with Crippen LogP contribution in [0, 0.1) is 11.8 Å². The first-order valence-corrected chi connectivity index (χ1v) is 10.4. The second-order valence-corrected chi connectivity index (χ2v) is 9.21. The number of rotatable bonds is 2. The van der Waals surface area contributed by atoms with E-state index in [-0.39, 0.29) is 5.41 Å². The predicted octanol–water partition coefficient (Wildman–Crippen LogP) is 2.54. The molecule has 7 rings (SSSR count). The van der Waals surface area contributed by atoms with Crippen LogP contribution in [-0.2, 0) is 10.2 Å². The molecule has 1 aliphatic carbocycles. The van der Waals surface area contributed by atoms with Crippen LogP contribution < -0.4 is 14.4 Å². The topological polar surface area (TPSA) is 34.2 Å². The van der Waals surface area contributed by atoms with Gasteiger partial charge in [-0.25, -0.2) is 0 Å². The number of anilines is 1. The van der Waals surface area contributed by atoms with Crippen LogP contribution >= 0.6 is 0 Å². The Morgan fingerprint density at radius 1 is 1.15 bits per heavy atom. The molecule has 2 bridgehead atoms. The van der Waals surface area contributed by atoms with Gasteiger partial charge in [-0.05, 0) is 42.5 Å². The molecule has 5 aliphatic heterocycles. The predicted molar refractivity (Wildman–Crippen MR) is 102 cm³/mol. The third kappa shape index (κ3) is 1.52. The average molecular weight is 366 g/mol. The van der Waals surface area contributed by atoms with Crippen molar-refractivity contribution >= 4 is 5.69 Å². The summed E-state index contributed by atoms with van der Waals surface area (Å²) in [5.41, 5.74) is 4.67. The summed E-state index contributed by atoms with van der Waals surface area (Å²) >= 11 is 0. The second kappa shape index (κ2) is 4.75. The van der Waals surface area contributed by atoms with E-state index in [2.05, 4.69) is 28.2 Å². The van der Waals surface area contributed by atoms with Gasteiger partial charge in [0.25, 0.3) is 0 Å². The van der Waals surface area contributed by atoms with E-state index in [1.54, 1.807) is 19.8 Å². The lowest BCUT2D eigenvalue weighted by atomic mass is 9.53. The Bertz CT molecular complexity index is 883. The fourth-order valence-electron chi connectivity index (χ4n) is 7.81. The van der Waals surface area contributed by atoms with Gasteiger partial charge in [0.2, 0.25) is 0 Å². The second-order valence-electron chi connectivity index (χ2n) is 9.21. The van der Waals surface area contributed by atoms with Gasteiger partial charge in [-0.15, -0.1) is 0 Å². The first-order valence-electron chi connectivity index (χ1n) is 10.4. The Morgan fingerprint density at radius 3 is 2.85 bits per heavy atom. The summed E-state index contributed by atoms with van der Waals surface area (Å²) in [6.07, 6.45) is 6.21. The molecule has 1 aromatic rings. The number of nitrogens with zero attached hydrogens (tertiary/aromatic N) is 2. The molecule has 5 heterocycles. The van der Waals surface area contributed by atoms with E-state index in [1.165, 1.54) is 30.6 Å². The van der Waals surface area contributed by atoms with Gasteiger partial charge in [0.15, 0.2) is 11.5 Å². The number of hydrogen-bond donors (Lipinski definition) is 0. The lowest BCUT2D eigenvalue weighted by molar-refractivity contribution is -0.0632. The van der Waals surface area contributed by atoms with Crippen LogP contribution in [0.1, 0.15) is 24.8 Å². The van der Waals surface area contributed by atoms with Gasteiger partial charge in [-0.1, -0.05) is 0 Å². The maximum absolute atomic E-state index is 6.32. The van der Waals surface area contributed by atoms with Crippen LogP contribution in [0.15, 0.2) is 24.0 Å². The summed E-state index contributed by atoms with van der Waals surface area (Å²) < 4.78 is 17.7. The van der Waals surface area contributed by atoms with E-state index in [0.717, 1.165) is 31.0 Å². The van der Waals surface area contributed by atoms with Crippen LogP contribution in [0.25, 0.3) is 0 Å². The molecule has 0 aromatic heterocycles. The zero-order valence-corrected chi connectivity index (χ0v) is 16.0. The molecule has 6 aliphatic rings. The normalized spacial score (nSPS) is 42.4. The molecule has 0 N–H and O–H groups in total. The zero-order chi connectivity index (χ0) is 17.9. The van der Waals surface area contributed by atoms with E-state index in [1.807, 2.05) is 0 Å². The van der Waals surface area contributed by atoms with Crippen molar-refractivity contribution in [3.8, 4) is 11.5 Å². The van der Waals surface area contributed by atoms with Gasteiger partial charge in [-0.2, -0.15) is 0 Å². The van der Waals surface area contributed by atoms with E-state index in [9.17, 15) is 0 Å². The van der Waals surface area contributed by atoms with E-state index >= 15 is 0 Å². The lowest BCUT2D eigenvalue weighted by Gasteiger charge is -2.61. The zero-order valence-electron chi connectivity index (χ0n) is 16.0. The van der Waals surface area contributed by atoms with Crippen molar-refractivity contribution in [3.05, 3.63) is 29.5 Å². The molecule has 1 aromatic carbocycles. The minimum absolute atomic E-state index is 0.223. The van der Waals surface area contributed by atoms with Crippen LogP contribution in [0.4, 0.5) is 5.69 Å². The Morgan fingerprint density at radius 2 is 2.00 bits per heavy atom. The Hall–Kier alpha value is -1.88. The molecule has 1 spiro atoms. The van der Waals surface area contributed by atoms with Crippen molar-refractivity contribution < 1.29 is 14.2 Å². The molecule has 5 nitrogen and oxygen atoms in total. The van der Waals surface area contributed by atoms with Gasteiger partial charge in [0, 0.05) is 54.7 Å². The largest absolute Gasteiger partial charge is 0.498 e. The molecule has 1 saturated carbocycles. The number of benzene rings is 1. The number of methoxy groups -OCH3 is 2. The third-order valence-corrected chi connectivity index (χ3v) is 8.67. The van der Waals surface area contributed by atoms with E-state index in [4.69, 9.17) is 14.2 Å². The summed E-state index contributed by atoms with van der Waals surface area (Å²) in [7, 11) is 3.50. The number of hydrogen-bond acceptors (Lipinski definition) is 5. The lowest BCUT2D eigenvalue weighted by Crippen LogP contribution is -2.69. The Balaban J connectivity index is 1.51. The van der Waals surface area contributed by atoms with E-state index < -0.39 is 0 Å². The van der Waals surface area contributed by atoms with Crippen LogP contribution in [0.2, 0.25) is 0 Å². The smallest absolute Gasteiger partial charge is 0.162 e. The third-order valence-electron chi connectivity index (χ3n) is 8.67. The molecule has 0 radical (unpaired) electrons. The highest BCUT2D eigenvalue weighted by Gasteiger charge is 2.70. The van der Waals surface area contributed by atoms with Crippen molar-refractivity contribution in [1.82, 2.24) is 4.90 Å². The quantitative estimate of drug-likeness (QED) is 0.804. The van der Waals surface area contributed by atoms with Crippen molar-refractivity contribution in [3.63, 3.8) is 0 Å². The maximum Gasteiger partial charge on any atom is 0.162 e. The molecule has 142 valence electrons. The monoisotopic (exact) mass is 366 g/mol. The molecular weight excluding hydrogens is 340 g/mol. The fourth-order valence-corrected chi connectivity index (χ4v) is 7.81. The van der Waals surface area contributed by atoms with Gasteiger partial charge in [-0.3, -0.25) is 4.90 Å². The molecule has 5 heteroatoms. The fraction of sp³-hybridized carbons (Fsp3) is 0.636. The van der Waals surface area contributed by atoms with Gasteiger partial charge < -0.3 is 19.1 Å². The highest BCUT2D eigenvalue weighted by molar-refractivity contribution is 5.72. The molecule has 0 amide bonds. The summed E-state index contributed by atoms with van der Waals surface area (Å²) in [5, 5.41) is 0. The Labute approximate surface area is 159 Å². The summed E-state index contributed by atoms with van der Waals surface area (Å²) in [5.74, 6) is 3.06. The van der Waals surface area contributed by atoms with E-state index in [0.29, 0.717) is 30.0 Å². The minimum Gasteiger partial charge on any atom is -0.498 e. The average Bonchev–Trinajstić information content (AvgIpc) is 3.24. The summed E-state index contributed by atoms with van der Waals surface area (Å²) in [4.78, 5) is 5.46. The first-order chi connectivity index (χ1) is 13.3. The molecular formula is C22H26N2O3. The van der Waals surface area contributed by atoms with Crippen LogP contribution in [-0.4, -0.2) is 56.9 Å². The highest BCUT2D eigenvalue weighted by Crippen LogP contribution is 2.66. The molecule has 0 unspecified atom stereocenters. The minimum atomic E-state index is 0.223. The van der Waals surface area contributed by atoms with Gasteiger partial charge >= 0.3 is 0 Å². The molecule has 6 atom stereocenters. The van der Waals surface area contributed by atoms with Crippen molar-refractivity contribution in [2.24, 2.45) is 11.8 Å². The SMILES string of the molecule is COc1cc2c(cc1OC)[C@]13CCN4CC5=CO[C@@H]6CCN2[C@@H]1[C@H]6[C@H]5C[C@H]43. The maximum atomic E-state index is 6.32. The number of piperidine rings is 2. The highest BCUT2D eigenvalue weighted by atomic mass is 16.5. The summed E-state index contributed by atoms with van der Waals surface area (Å²) in [6.45, 7) is 3.39. The van der Waals surface area contributed by atoms with Gasteiger partial charge in [0.05, 0.1) is 20.5 Å². The first kappa shape index (κ1) is 15.1. The van der Waals surface area contributed by atoms with Crippen LogP contribution in [0.3, 0.4) is 0 Å². The van der Waals surface area contributed by atoms with Crippen LogP contribution in [0.5, 0.6) is 11.5 Å². The summed E-state index contributed by atoms with van der Waals surface area (Å²) in [6, 6.07) is 5.76.